The van der Waals surface area contributed by atoms with Gasteiger partial charge in [0, 0.05) is 49.6 Å². The zero-order chi connectivity index (χ0) is 33.3. The number of rotatable bonds is 7. The minimum Gasteiger partial charge on any atom is -0.359 e. The molecule has 1 saturated carbocycles. The molecule has 4 rings (SSSR count). The van der Waals surface area contributed by atoms with Crippen LogP contribution < -0.4 is 15.5 Å². The summed E-state index contributed by atoms with van der Waals surface area (Å²) >= 11 is 0. The lowest BCUT2D eigenvalue weighted by Gasteiger charge is -2.40. The summed E-state index contributed by atoms with van der Waals surface area (Å²) in [5.74, 6) is -3.99. The summed E-state index contributed by atoms with van der Waals surface area (Å²) < 4.78 is 133. The molecule has 1 aromatic heterocycles. The summed E-state index contributed by atoms with van der Waals surface area (Å²) in [4.78, 5) is 25.7. The van der Waals surface area contributed by atoms with Gasteiger partial charge in [-0.25, -0.2) is 8.78 Å². The lowest BCUT2D eigenvalue weighted by Crippen LogP contribution is -2.46. The van der Waals surface area contributed by atoms with Crippen LogP contribution in [0.5, 0.6) is 0 Å². The van der Waals surface area contributed by atoms with Gasteiger partial charge in [-0.1, -0.05) is 19.4 Å². The third-order valence-electron chi connectivity index (χ3n) is 7.50. The van der Waals surface area contributed by atoms with Gasteiger partial charge in [0.1, 0.15) is 17.2 Å². The normalized spacial score (nSPS) is 22.9. The topological polar surface area (TPSA) is 74.3 Å². The van der Waals surface area contributed by atoms with Crippen LogP contribution in [0.25, 0.3) is 0 Å². The number of nitrogens with zero attached hydrogens (tertiary/aromatic N) is 2. The summed E-state index contributed by atoms with van der Waals surface area (Å²) in [7, 11) is -8.93. The molecule has 248 valence electrons. The number of benzene rings is 1. The summed E-state index contributed by atoms with van der Waals surface area (Å²) in [5, 5.41) is 5.54. The fraction of sp³-hybridized carbons (Fsp3) is 0.519. The molecular formula is C27H32F10N4O2S. The molecule has 44 heavy (non-hydrogen) atoms. The van der Waals surface area contributed by atoms with Gasteiger partial charge >= 0.3 is 16.4 Å². The molecule has 0 spiro atoms. The molecule has 2 atom stereocenters. The van der Waals surface area contributed by atoms with E-state index in [4.69, 9.17) is 0 Å². The summed E-state index contributed by atoms with van der Waals surface area (Å²) in [6.45, 7) is 2.93. The lowest BCUT2D eigenvalue weighted by atomic mass is 9.91. The molecule has 1 aromatic carbocycles. The monoisotopic (exact) mass is 666 g/mol. The molecule has 17 heteroatoms. The van der Waals surface area contributed by atoms with Gasteiger partial charge in [0.15, 0.2) is 0 Å². The highest BCUT2D eigenvalue weighted by molar-refractivity contribution is 8.45. The van der Waals surface area contributed by atoms with E-state index in [-0.39, 0.29) is 36.2 Å². The van der Waals surface area contributed by atoms with Crippen LogP contribution in [0.4, 0.5) is 47.1 Å². The first-order valence-corrected chi connectivity index (χ1v) is 15.4. The molecular weight excluding hydrogens is 634 g/mol. The van der Waals surface area contributed by atoms with Gasteiger partial charge < -0.3 is 20.3 Å². The van der Waals surface area contributed by atoms with Gasteiger partial charge in [0.25, 0.3) is 0 Å². The number of nitrogens with one attached hydrogen (secondary N) is 2. The fourth-order valence-corrected chi connectivity index (χ4v) is 5.63. The Labute approximate surface area is 247 Å². The van der Waals surface area contributed by atoms with Crippen molar-refractivity contribution in [2.75, 3.05) is 18.5 Å². The van der Waals surface area contributed by atoms with Crippen molar-refractivity contribution < 1.29 is 51.0 Å². The Hall–Kier alpha value is -3.08. The van der Waals surface area contributed by atoms with Gasteiger partial charge in [-0.05, 0) is 69.5 Å². The Morgan fingerprint density at radius 2 is 1.66 bits per heavy atom. The molecule has 2 unspecified atom stereocenters. The molecule has 0 bridgehead atoms. The molecule has 2 N–H and O–H groups in total. The molecule has 1 saturated heterocycles. The maximum absolute atomic E-state index is 13.7. The van der Waals surface area contributed by atoms with Crippen LogP contribution in [0.15, 0.2) is 47.6 Å². The third kappa shape index (κ3) is 9.22. The van der Waals surface area contributed by atoms with E-state index in [0.717, 1.165) is 50.0 Å². The number of hydrogen-bond acceptors (Lipinski definition) is 5. The van der Waals surface area contributed by atoms with Gasteiger partial charge in [-0.2, -0.15) is 13.2 Å². The molecule has 2 aliphatic rings. The smallest absolute Gasteiger partial charge is 0.359 e. The molecule has 2 heterocycles. The van der Waals surface area contributed by atoms with Crippen molar-refractivity contribution >= 4 is 28.1 Å². The number of carbonyl (C=O) groups is 2. The summed E-state index contributed by atoms with van der Waals surface area (Å²) in [5.41, 5.74) is -2.40. The van der Waals surface area contributed by atoms with E-state index in [1.807, 2.05) is 6.92 Å². The van der Waals surface area contributed by atoms with Crippen molar-refractivity contribution in [3.63, 3.8) is 0 Å². The second-order valence-corrected chi connectivity index (χ2v) is 13.6. The van der Waals surface area contributed by atoms with E-state index in [1.54, 1.807) is 0 Å². The number of alkyl halides is 5. The average molecular weight is 667 g/mol. The van der Waals surface area contributed by atoms with Crippen molar-refractivity contribution in [2.24, 2.45) is 0 Å². The molecule has 0 radical (unpaired) electrons. The van der Waals surface area contributed by atoms with Crippen LogP contribution >= 0.6 is 10.2 Å². The second kappa shape index (κ2) is 11.7. The standard InChI is InChI=1S/C21H21F10N3OS.C6H11NO/c1-34(14-2-4-15(5-3-14)36(27,28,29,30)31)18(16-12-32-11-8-17(16)21(24,25)26)19(35)33-13-6-9-20(22,23)10-7-13;1-6(5-8)3-2-4-7-6/h2-5,8,11-13,18H,6-7,9-10H2,1H3,(H,33,35);5,7H,2-4H2,1H3. The number of aromatic nitrogens is 1. The summed E-state index contributed by atoms with van der Waals surface area (Å²) in [6.07, 6.45) is -1.62. The third-order valence-corrected chi connectivity index (χ3v) is 8.67. The Bertz CT molecular complexity index is 1320. The van der Waals surface area contributed by atoms with Crippen LogP contribution in [0.3, 0.4) is 0 Å². The largest absolute Gasteiger partial charge is 0.416 e. The van der Waals surface area contributed by atoms with Crippen molar-refractivity contribution in [2.45, 2.75) is 80.1 Å². The molecule has 2 aromatic rings. The van der Waals surface area contributed by atoms with E-state index in [9.17, 15) is 51.0 Å². The maximum atomic E-state index is 13.7. The highest BCUT2D eigenvalue weighted by atomic mass is 32.5. The van der Waals surface area contributed by atoms with Gasteiger partial charge in [-0.15, -0.1) is 0 Å². The Kier molecular flexibility index (Phi) is 9.41. The number of pyridine rings is 1. The lowest BCUT2D eigenvalue weighted by molar-refractivity contribution is -0.138. The maximum Gasteiger partial charge on any atom is 0.416 e. The van der Waals surface area contributed by atoms with Crippen molar-refractivity contribution in [3.8, 4) is 0 Å². The average Bonchev–Trinajstić information content (AvgIpc) is 3.36. The Balaban J connectivity index is 0.000000572. The minimum absolute atomic E-state index is 0.0689. The first-order valence-electron chi connectivity index (χ1n) is 13.4. The number of likely N-dealkylation sites (N-methyl/N-ethyl adjacent to an activating group) is 1. The van der Waals surface area contributed by atoms with Crippen molar-refractivity contribution in [1.82, 2.24) is 15.6 Å². The van der Waals surface area contributed by atoms with E-state index < -0.39 is 69.2 Å². The fourth-order valence-electron chi connectivity index (χ4n) is 4.98. The molecule has 2 fully saturated rings. The highest BCUT2D eigenvalue weighted by Gasteiger charge is 2.65. The Morgan fingerprint density at radius 3 is 2.11 bits per heavy atom. The number of hydrogen-bond donors (Lipinski definition) is 2. The first kappa shape index (κ1) is 35.4. The Morgan fingerprint density at radius 1 is 1.07 bits per heavy atom. The van der Waals surface area contributed by atoms with E-state index in [0.29, 0.717) is 18.2 Å². The number of aldehydes is 1. The second-order valence-electron chi connectivity index (χ2n) is 11.1. The van der Waals surface area contributed by atoms with Crippen molar-refractivity contribution in [1.29, 1.82) is 0 Å². The molecule has 1 amide bonds. The van der Waals surface area contributed by atoms with Crippen molar-refractivity contribution in [3.05, 3.63) is 53.9 Å². The molecule has 1 aliphatic carbocycles. The van der Waals surface area contributed by atoms with E-state index in [2.05, 4.69) is 15.6 Å². The predicted octanol–water partition coefficient (Wildman–Crippen LogP) is 7.96. The number of carbonyl (C=O) groups excluding carboxylic acids is 2. The van der Waals surface area contributed by atoms with E-state index >= 15 is 0 Å². The zero-order valence-electron chi connectivity index (χ0n) is 23.6. The predicted molar refractivity (Wildman–Crippen MR) is 145 cm³/mol. The van der Waals surface area contributed by atoms with Crippen LogP contribution in [-0.2, 0) is 15.8 Å². The number of halogens is 10. The van der Waals surface area contributed by atoms with Crippen LogP contribution in [0, 0.1) is 0 Å². The minimum atomic E-state index is -10.0. The van der Waals surface area contributed by atoms with Gasteiger partial charge in [-0.3, -0.25) is 9.78 Å². The molecule has 1 aliphatic heterocycles. The summed E-state index contributed by atoms with van der Waals surface area (Å²) in [6, 6.07) is -0.685. The highest BCUT2D eigenvalue weighted by Crippen LogP contribution is 3.02. The van der Waals surface area contributed by atoms with Crippen LogP contribution in [0.1, 0.15) is 62.6 Å². The SMILES string of the molecule is CC1(C=O)CCCN1.CN(c1ccc(S(F)(F)(F)(F)F)cc1)C(C(=O)NC1CCC(F)(F)CC1)c1cnccc1C(F)(F)F. The number of amides is 1. The number of anilines is 1. The zero-order valence-corrected chi connectivity index (χ0v) is 24.4. The molecule has 6 nitrogen and oxygen atoms in total. The van der Waals surface area contributed by atoms with Gasteiger partial charge in [0.05, 0.1) is 11.1 Å². The first-order chi connectivity index (χ1) is 19.9. The van der Waals surface area contributed by atoms with E-state index in [1.165, 1.54) is 0 Å². The quantitative estimate of drug-likeness (QED) is 0.232. The van der Waals surface area contributed by atoms with Gasteiger partial charge in [0.2, 0.25) is 11.8 Å². The van der Waals surface area contributed by atoms with Crippen LogP contribution in [0.2, 0.25) is 0 Å². The van der Waals surface area contributed by atoms with Crippen LogP contribution in [-0.4, -0.2) is 48.3 Å².